The molecule has 0 unspecified atom stereocenters. The van der Waals surface area contributed by atoms with Gasteiger partial charge in [0.25, 0.3) is 5.91 Å². The van der Waals surface area contributed by atoms with Gasteiger partial charge in [-0.25, -0.2) is 18.4 Å². The molecule has 1 saturated heterocycles. The van der Waals surface area contributed by atoms with Crippen LogP contribution in [0.3, 0.4) is 0 Å². The number of anilines is 1. The van der Waals surface area contributed by atoms with Crippen molar-refractivity contribution in [3.63, 3.8) is 0 Å². The quantitative estimate of drug-likeness (QED) is 0.590. The van der Waals surface area contributed by atoms with Crippen molar-refractivity contribution in [1.29, 1.82) is 0 Å². The molecule has 2 heterocycles. The van der Waals surface area contributed by atoms with Gasteiger partial charge in [0.1, 0.15) is 6.04 Å². The zero-order chi connectivity index (χ0) is 22.4. The minimum atomic E-state index is -3.94. The number of sulfonamides is 1. The molecule has 0 bridgehead atoms. The lowest BCUT2D eigenvalue weighted by molar-refractivity contribution is -0.153. The van der Waals surface area contributed by atoms with E-state index in [1.54, 1.807) is 23.4 Å². The number of benzene rings is 1. The Bertz CT molecular complexity index is 1010. The third-order valence-corrected chi connectivity index (χ3v) is 6.42. The lowest BCUT2D eigenvalue weighted by Crippen LogP contribution is -2.50. The Morgan fingerprint density at radius 2 is 1.74 bits per heavy atom. The van der Waals surface area contributed by atoms with Crippen molar-refractivity contribution in [2.75, 3.05) is 37.7 Å². The number of carbonyl (C=O) groups is 2. The van der Waals surface area contributed by atoms with Crippen LogP contribution in [-0.2, 0) is 24.3 Å². The topological polar surface area (TPSA) is 122 Å². The average Bonchev–Trinajstić information content (AvgIpc) is 2.78. The predicted molar refractivity (Wildman–Crippen MR) is 113 cm³/mol. The number of aromatic nitrogens is 2. The molecule has 12 heteroatoms. The fourth-order valence-electron chi connectivity index (χ4n) is 2.92. The van der Waals surface area contributed by atoms with Crippen LogP contribution in [0.5, 0.6) is 0 Å². The van der Waals surface area contributed by atoms with E-state index >= 15 is 0 Å². The summed E-state index contributed by atoms with van der Waals surface area (Å²) in [5, 5.41) is 0.391. The Morgan fingerprint density at radius 1 is 1.13 bits per heavy atom. The van der Waals surface area contributed by atoms with E-state index in [4.69, 9.17) is 16.3 Å². The number of nitrogens with one attached hydrogen (secondary N) is 1. The van der Waals surface area contributed by atoms with Crippen LogP contribution in [0.15, 0.2) is 47.6 Å². The van der Waals surface area contributed by atoms with Crippen LogP contribution >= 0.6 is 11.6 Å². The molecule has 1 aromatic carbocycles. The molecule has 1 aromatic heterocycles. The molecule has 0 radical (unpaired) electrons. The van der Waals surface area contributed by atoms with Gasteiger partial charge in [0.2, 0.25) is 16.0 Å². The smallest absolute Gasteiger partial charge is 0.324 e. The number of esters is 1. The van der Waals surface area contributed by atoms with Crippen molar-refractivity contribution in [3.8, 4) is 0 Å². The van der Waals surface area contributed by atoms with Crippen molar-refractivity contribution < 1.29 is 22.7 Å². The number of hydrogen-bond acceptors (Lipinski definition) is 8. The summed E-state index contributed by atoms with van der Waals surface area (Å²) in [5.74, 6) is -0.597. The van der Waals surface area contributed by atoms with E-state index in [1.807, 2.05) is 4.90 Å². The molecule has 1 atom stereocenters. The first-order chi connectivity index (χ1) is 14.8. The number of carbonyl (C=O) groups excluding carboxylic acids is 2. The maximum atomic E-state index is 12.4. The summed E-state index contributed by atoms with van der Waals surface area (Å²) < 4.78 is 31.9. The lowest BCUT2D eigenvalue weighted by atomic mass is 10.3. The first-order valence-electron chi connectivity index (χ1n) is 9.50. The first-order valence-corrected chi connectivity index (χ1v) is 11.4. The summed E-state index contributed by atoms with van der Waals surface area (Å²) in [6, 6.07) is 6.08. The minimum absolute atomic E-state index is 0.0344. The van der Waals surface area contributed by atoms with Gasteiger partial charge in [0.05, 0.1) is 4.90 Å². The van der Waals surface area contributed by atoms with Gasteiger partial charge in [-0.15, -0.1) is 0 Å². The van der Waals surface area contributed by atoms with Crippen molar-refractivity contribution in [3.05, 3.63) is 47.7 Å². The Morgan fingerprint density at radius 3 is 2.35 bits per heavy atom. The van der Waals surface area contributed by atoms with E-state index in [2.05, 4.69) is 14.7 Å². The van der Waals surface area contributed by atoms with E-state index in [9.17, 15) is 18.0 Å². The highest BCUT2D eigenvalue weighted by Crippen LogP contribution is 2.14. The third kappa shape index (κ3) is 6.12. The summed E-state index contributed by atoms with van der Waals surface area (Å²) in [4.78, 5) is 36.4. The molecule has 10 nitrogen and oxygen atoms in total. The van der Waals surface area contributed by atoms with Crippen molar-refractivity contribution in [2.24, 2.45) is 0 Å². The van der Waals surface area contributed by atoms with E-state index in [1.165, 1.54) is 31.2 Å². The van der Waals surface area contributed by atoms with E-state index in [0.717, 1.165) is 0 Å². The number of halogens is 1. The summed E-state index contributed by atoms with van der Waals surface area (Å²) in [6.07, 6.45) is 3.31. The minimum Gasteiger partial charge on any atom is -0.454 e. The van der Waals surface area contributed by atoms with Crippen LogP contribution in [0.25, 0.3) is 0 Å². The molecule has 1 aliphatic rings. The predicted octanol–water partition coefficient (Wildman–Crippen LogP) is 0.689. The Balaban J connectivity index is 1.45. The van der Waals surface area contributed by atoms with Gasteiger partial charge >= 0.3 is 5.97 Å². The van der Waals surface area contributed by atoms with Gasteiger partial charge in [-0.05, 0) is 37.3 Å². The van der Waals surface area contributed by atoms with Gasteiger partial charge in [-0.1, -0.05) is 11.6 Å². The summed E-state index contributed by atoms with van der Waals surface area (Å²) >= 11 is 5.76. The lowest BCUT2D eigenvalue weighted by Gasteiger charge is -2.34. The molecule has 0 spiro atoms. The number of amides is 1. The summed E-state index contributed by atoms with van der Waals surface area (Å²) in [6.45, 7) is 2.87. The Kier molecular flexibility index (Phi) is 7.42. The van der Waals surface area contributed by atoms with E-state index < -0.39 is 28.6 Å². The summed E-state index contributed by atoms with van der Waals surface area (Å²) in [7, 11) is -3.94. The molecular weight excluding hydrogens is 446 g/mol. The van der Waals surface area contributed by atoms with Crippen molar-refractivity contribution in [1.82, 2.24) is 19.6 Å². The van der Waals surface area contributed by atoms with Gasteiger partial charge in [-0.2, -0.15) is 4.72 Å². The van der Waals surface area contributed by atoms with Crippen LogP contribution in [0, 0.1) is 0 Å². The highest BCUT2D eigenvalue weighted by Gasteiger charge is 2.26. The fraction of sp³-hybridized carbons (Fsp3) is 0.368. The van der Waals surface area contributed by atoms with Crippen molar-refractivity contribution in [2.45, 2.75) is 17.9 Å². The van der Waals surface area contributed by atoms with E-state index in [0.29, 0.717) is 37.1 Å². The second-order valence-electron chi connectivity index (χ2n) is 6.82. The average molecular weight is 468 g/mol. The highest BCUT2D eigenvalue weighted by atomic mass is 35.5. The fourth-order valence-corrected chi connectivity index (χ4v) is 4.24. The van der Waals surface area contributed by atoms with Gasteiger partial charge in [0, 0.05) is 43.6 Å². The number of rotatable bonds is 7. The molecule has 2 aromatic rings. The van der Waals surface area contributed by atoms with Crippen LogP contribution in [0.4, 0.5) is 5.95 Å². The molecule has 31 heavy (non-hydrogen) atoms. The summed E-state index contributed by atoms with van der Waals surface area (Å²) in [5.41, 5.74) is 0. The third-order valence-electron chi connectivity index (χ3n) is 4.61. The van der Waals surface area contributed by atoms with Crippen LogP contribution in [-0.4, -0.2) is 74.0 Å². The number of nitrogens with zero attached hydrogens (tertiary/aromatic N) is 4. The Hall–Kier alpha value is -2.76. The molecular formula is C19H22ClN5O5S. The van der Waals surface area contributed by atoms with Crippen LogP contribution < -0.4 is 9.62 Å². The molecule has 3 rings (SSSR count). The van der Waals surface area contributed by atoms with Gasteiger partial charge in [0.15, 0.2) is 6.61 Å². The first kappa shape index (κ1) is 22.9. The molecule has 1 aliphatic heterocycles. The van der Waals surface area contributed by atoms with Crippen LogP contribution in [0.2, 0.25) is 5.02 Å². The maximum absolute atomic E-state index is 12.4. The standard InChI is InChI=1S/C19H22ClN5O5S/c1-14(23-31(28,29)16-5-3-15(20)4-6-16)18(27)30-13-17(26)24-9-11-25(12-10-24)19-21-7-2-8-22-19/h2-8,14,23H,9-13H2,1H3/t14-/m0/s1. The normalized spacial score (nSPS) is 15.4. The highest BCUT2D eigenvalue weighted by molar-refractivity contribution is 7.89. The zero-order valence-electron chi connectivity index (χ0n) is 16.8. The largest absolute Gasteiger partial charge is 0.454 e. The molecule has 0 aliphatic carbocycles. The molecule has 1 fully saturated rings. The number of hydrogen-bond donors (Lipinski definition) is 1. The monoisotopic (exact) mass is 467 g/mol. The zero-order valence-corrected chi connectivity index (χ0v) is 18.3. The van der Waals surface area contributed by atoms with Gasteiger partial charge < -0.3 is 14.5 Å². The maximum Gasteiger partial charge on any atom is 0.324 e. The number of piperazine rings is 1. The van der Waals surface area contributed by atoms with Gasteiger partial charge in [-0.3, -0.25) is 9.59 Å². The number of ether oxygens (including phenoxy) is 1. The van der Waals surface area contributed by atoms with Crippen molar-refractivity contribution >= 4 is 39.4 Å². The SMILES string of the molecule is C[C@H](NS(=O)(=O)c1ccc(Cl)cc1)C(=O)OCC(=O)N1CCN(c2ncccn2)CC1. The van der Waals surface area contributed by atoms with E-state index in [-0.39, 0.29) is 10.8 Å². The molecule has 1 amide bonds. The Labute approximate surface area is 185 Å². The molecule has 1 N–H and O–H groups in total. The molecule has 0 saturated carbocycles. The molecule has 166 valence electrons. The second-order valence-corrected chi connectivity index (χ2v) is 8.97. The van der Waals surface area contributed by atoms with Crippen LogP contribution in [0.1, 0.15) is 6.92 Å². The second kappa shape index (κ2) is 10.0.